The highest BCUT2D eigenvalue weighted by Crippen LogP contribution is 2.27. The van der Waals surface area contributed by atoms with Crippen molar-refractivity contribution >= 4 is 50.8 Å². The second-order valence-electron chi connectivity index (χ2n) is 6.35. The molecule has 0 atom stereocenters. The van der Waals surface area contributed by atoms with Crippen LogP contribution < -0.4 is 10.6 Å². The van der Waals surface area contributed by atoms with Crippen molar-refractivity contribution < 1.29 is 9.59 Å². The maximum atomic E-state index is 12.3. The zero-order valence-electron chi connectivity index (χ0n) is 15.1. The molecule has 0 aromatic heterocycles. The van der Waals surface area contributed by atoms with Gasteiger partial charge in [0.2, 0.25) is 0 Å². The van der Waals surface area contributed by atoms with Crippen LogP contribution in [0.5, 0.6) is 0 Å². The number of anilines is 1. The molecule has 1 aliphatic rings. The highest BCUT2D eigenvalue weighted by molar-refractivity contribution is 9.10. The van der Waals surface area contributed by atoms with Crippen LogP contribution in [0.25, 0.3) is 5.57 Å². The van der Waals surface area contributed by atoms with E-state index in [1.165, 1.54) is 4.90 Å². The Labute approximate surface area is 171 Å². The molecule has 1 heterocycles. The van der Waals surface area contributed by atoms with Crippen molar-refractivity contribution in [2.24, 2.45) is 0 Å². The van der Waals surface area contributed by atoms with Crippen LogP contribution in [0.15, 0.2) is 58.0 Å². The first-order chi connectivity index (χ1) is 12.9. The van der Waals surface area contributed by atoms with Gasteiger partial charge < -0.3 is 10.2 Å². The fraction of sp³-hybridized carbons (Fsp3) is 0.200. The number of carbonyl (C=O) groups is 2. The van der Waals surface area contributed by atoms with Gasteiger partial charge in [-0.2, -0.15) is 0 Å². The molecule has 0 radical (unpaired) electrons. The molecule has 1 aliphatic heterocycles. The lowest BCUT2D eigenvalue weighted by Crippen LogP contribution is -2.36. The van der Waals surface area contributed by atoms with E-state index in [-0.39, 0.29) is 5.91 Å². The predicted octanol–water partition coefficient (Wildman–Crippen LogP) is 3.83. The van der Waals surface area contributed by atoms with Gasteiger partial charge in [-0.1, -0.05) is 15.9 Å². The molecule has 0 saturated heterocycles. The zero-order valence-corrected chi connectivity index (χ0v) is 17.5. The summed E-state index contributed by atoms with van der Waals surface area (Å²) in [6.45, 7) is 1.03. The summed E-state index contributed by atoms with van der Waals surface area (Å²) < 4.78 is 0.814. The molecule has 5 nitrogen and oxygen atoms in total. The number of amides is 2. The maximum absolute atomic E-state index is 12.3. The van der Waals surface area contributed by atoms with Gasteiger partial charge in [0, 0.05) is 44.7 Å². The van der Waals surface area contributed by atoms with Gasteiger partial charge in [0.1, 0.15) is 0 Å². The van der Waals surface area contributed by atoms with Crippen LogP contribution in [0, 0.1) is 0 Å². The van der Waals surface area contributed by atoms with Crippen LogP contribution in [0.4, 0.5) is 5.69 Å². The van der Waals surface area contributed by atoms with Gasteiger partial charge in [-0.05, 0) is 56.6 Å². The van der Waals surface area contributed by atoms with Crippen LogP contribution in [0.1, 0.15) is 15.9 Å². The third kappa shape index (κ3) is 5.00. The van der Waals surface area contributed by atoms with Crippen molar-refractivity contribution in [2.75, 3.05) is 31.7 Å². The van der Waals surface area contributed by atoms with Crippen LogP contribution in [-0.2, 0) is 4.79 Å². The molecule has 2 amide bonds. The van der Waals surface area contributed by atoms with Crippen molar-refractivity contribution in [3.05, 3.63) is 64.3 Å². The van der Waals surface area contributed by atoms with Crippen LogP contribution in [0.2, 0.25) is 0 Å². The van der Waals surface area contributed by atoms with Gasteiger partial charge in [0.25, 0.3) is 11.8 Å². The lowest BCUT2D eigenvalue weighted by atomic mass is 9.95. The Morgan fingerprint density at radius 2 is 1.81 bits per heavy atom. The van der Waals surface area contributed by atoms with Crippen molar-refractivity contribution in [1.29, 1.82) is 0 Å². The Morgan fingerprint density at radius 3 is 2.52 bits per heavy atom. The number of nitrogens with one attached hydrogen (secondary N) is 2. The Kier molecular flexibility index (Phi) is 6.36. The molecule has 0 unspecified atom stereocenters. The molecule has 0 spiro atoms. The number of benzene rings is 2. The van der Waals surface area contributed by atoms with Gasteiger partial charge in [-0.3, -0.25) is 14.9 Å². The summed E-state index contributed by atoms with van der Waals surface area (Å²) in [5.41, 5.74) is 2.40. The highest BCUT2D eigenvalue weighted by Gasteiger charge is 2.27. The Bertz CT molecular complexity index is 895. The molecule has 7 heteroatoms. The average Bonchev–Trinajstić information content (AvgIpc) is 2.62. The molecule has 140 valence electrons. The molecule has 27 heavy (non-hydrogen) atoms. The van der Waals surface area contributed by atoms with E-state index in [0.29, 0.717) is 16.7 Å². The van der Waals surface area contributed by atoms with E-state index in [9.17, 15) is 9.59 Å². The Hall–Kier alpha value is -2.09. The van der Waals surface area contributed by atoms with E-state index in [4.69, 9.17) is 0 Å². The van der Waals surface area contributed by atoms with Crippen molar-refractivity contribution in [2.45, 2.75) is 4.90 Å². The quantitative estimate of drug-likeness (QED) is 0.401. The number of imide groups is 1. The minimum atomic E-state index is -0.408. The third-order valence-electron chi connectivity index (χ3n) is 4.03. The number of hydrogen-bond donors (Lipinski definition) is 2. The molecule has 0 fully saturated rings. The number of hydrogen-bond acceptors (Lipinski definition) is 5. The lowest BCUT2D eigenvalue weighted by Gasteiger charge is -2.18. The predicted molar refractivity (Wildman–Crippen MR) is 114 cm³/mol. The van der Waals surface area contributed by atoms with Crippen LogP contribution in [-0.4, -0.2) is 43.1 Å². The normalized spacial score (nSPS) is 15.0. The zero-order chi connectivity index (χ0) is 19.4. The van der Waals surface area contributed by atoms with E-state index in [1.807, 2.05) is 12.1 Å². The fourth-order valence-electron chi connectivity index (χ4n) is 2.59. The van der Waals surface area contributed by atoms with Gasteiger partial charge in [-0.25, -0.2) is 0 Å². The lowest BCUT2D eigenvalue weighted by molar-refractivity contribution is -0.114. The summed E-state index contributed by atoms with van der Waals surface area (Å²) in [4.78, 5) is 27.6. The largest absolute Gasteiger partial charge is 0.361 e. The molecular formula is C20H20BrN3O2S. The molecular weight excluding hydrogens is 426 g/mol. The van der Waals surface area contributed by atoms with E-state index < -0.39 is 5.91 Å². The van der Waals surface area contributed by atoms with Crippen molar-refractivity contribution in [3.63, 3.8) is 0 Å². The fourth-order valence-corrected chi connectivity index (χ4v) is 3.97. The summed E-state index contributed by atoms with van der Waals surface area (Å²) in [5, 5.41) is 5.53. The van der Waals surface area contributed by atoms with Crippen LogP contribution >= 0.6 is 27.7 Å². The molecule has 3 rings (SSSR count). The Balaban J connectivity index is 1.74. The van der Waals surface area contributed by atoms with E-state index in [2.05, 4.69) is 57.7 Å². The summed E-state index contributed by atoms with van der Waals surface area (Å²) in [6.07, 6.45) is 1.64. The van der Waals surface area contributed by atoms with Gasteiger partial charge in [-0.15, -0.1) is 11.8 Å². The summed E-state index contributed by atoms with van der Waals surface area (Å²) in [7, 11) is 4.12. The SMILES string of the molecule is CN(C)CCSc1ccc(N/C=C2\C(=O)NC(=O)c3ccc(Br)cc32)cc1. The van der Waals surface area contributed by atoms with Gasteiger partial charge in [0.05, 0.1) is 5.57 Å². The number of halogens is 1. The van der Waals surface area contributed by atoms with E-state index in [1.54, 1.807) is 36.2 Å². The number of rotatable bonds is 6. The minimum absolute atomic E-state index is 0.376. The van der Waals surface area contributed by atoms with Gasteiger partial charge in [0.15, 0.2) is 0 Å². The molecule has 0 saturated carbocycles. The standard InChI is InChI=1S/C20H20BrN3O2S/c1-24(2)9-10-27-15-6-4-14(5-7-15)22-12-18-17-11-13(21)3-8-16(17)19(25)23-20(18)26/h3-8,11-12,22H,9-10H2,1-2H3,(H,23,25,26)/b18-12-. The van der Waals surface area contributed by atoms with Gasteiger partial charge >= 0.3 is 0 Å². The third-order valence-corrected chi connectivity index (χ3v) is 5.52. The second-order valence-corrected chi connectivity index (χ2v) is 8.44. The summed E-state index contributed by atoms with van der Waals surface area (Å²) in [5.74, 6) is 0.247. The summed E-state index contributed by atoms with van der Waals surface area (Å²) in [6, 6.07) is 13.3. The Morgan fingerprint density at radius 1 is 1.07 bits per heavy atom. The first kappa shape index (κ1) is 19.7. The number of carbonyl (C=O) groups excluding carboxylic acids is 2. The number of nitrogens with zero attached hydrogens (tertiary/aromatic N) is 1. The molecule has 0 bridgehead atoms. The number of thioether (sulfide) groups is 1. The van der Waals surface area contributed by atoms with Crippen molar-refractivity contribution in [1.82, 2.24) is 10.2 Å². The highest BCUT2D eigenvalue weighted by atomic mass is 79.9. The monoisotopic (exact) mass is 445 g/mol. The molecule has 2 aromatic carbocycles. The summed E-state index contributed by atoms with van der Waals surface area (Å²) >= 11 is 5.20. The van der Waals surface area contributed by atoms with Crippen LogP contribution in [0.3, 0.4) is 0 Å². The number of fused-ring (bicyclic) bond motifs is 1. The topological polar surface area (TPSA) is 61.4 Å². The van der Waals surface area contributed by atoms with E-state index >= 15 is 0 Å². The minimum Gasteiger partial charge on any atom is -0.361 e. The van der Waals surface area contributed by atoms with Crippen molar-refractivity contribution in [3.8, 4) is 0 Å². The molecule has 2 N–H and O–H groups in total. The van der Waals surface area contributed by atoms with E-state index in [0.717, 1.165) is 22.5 Å². The maximum Gasteiger partial charge on any atom is 0.260 e. The first-order valence-corrected chi connectivity index (χ1v) is 10.2. The smallest absolute Gasteiger partial charge is 0.260 e. The molecule has 0 aliphatic carbocycles. The second kappa shape index (κ2) is 8.73. The average molecular weight is 446 g/mol. The first-order valence-electron chi connectivity index (χ1n) is 8.44. The molecule has 2 aromatic rings.